The van der Waals surface area contributed by atoms with E-state index in [1.165, 1.54) is 0 Å². The number of hydrogen-bond donors (Lipinski definition) is 2. The number of carboxylic acid groups (broad SMARTS) is 1. The van der Waals surface area contributed by atoms with Gasteiger partial charge < -0.3 is 9.84 Å². The van der Waals surface area contributed by atoms with Crippen molar-refractivity contribution >= 4 is 5.97 Å². The van der Waals surface area contributed by atoms with Crippen LogP contribution < -0.4 is 5.32 Å². The fourth-order valence-electron chi connectivity index (χ4n) is 3.23. The Hall–Kier alpha value is -0.650. The van der Waals surface area contributed by atoms with Gasteiger partial charge in [-0.25, -0.2) is 0 Å². The minimum Gasteiger partial charge on any atom is -0.480 e. The molecule has 0 aromatic rings. The molecule has 2 unspecified atom stereocenters. The van der Waals surface area contributed by atoms with E-state index in [2.05, 4.69) is 31.0 Å². The zero-order valence-electron chi connectivity index (χ0n) is 13.7. The van der Waals surface area contributed by atoms with E-state index in [1.807, 2.05) is 13.8 Å². The van der Waals surface area contributed by atoms with Crippen molar-refractivity contribution in [1.82, 2.24) is 10.2 Å². The second-order valence-electron chi connectivity index (χ2n) is 7.05. The van der Waals surface area contributed by atoms with Gasteiger partial charge in [0, 0.05) is 24.2 Å². The van der Waals surface area contributed by atoms with Gasteiger partial charge in [-0.2, -0.15) is 0 Å². The van der Waals surface area contributed by atoms with Crippen molar-refractivity contribution in [2.75, 3.05) is 19.8 Å². The molecule has 0 radical (unpaired) electrons. The number of ether oxygens (including phenoxy) is 1. The van der Waals surface area contributed by atoms with E-state index in [0.29, 0.717) is 13.0 Å². The predicted molar refractivity (Wildman–Crippen MR) is 80.0 cm³/mol. The lowest BCUT2D eigenvalue weighted by Gasteiger charge is -2.47. The fraction of sp³-hybridized carbons (Fsp3) is 0.933. The Balaban J connectivity index is 2.80. The normalized spacial score (nSPS) is 24.4. The third-order valence-electron chi connectivity index (χ3n) is 4.02. The minimum atomic E-state index is -0.901. The van der Waals surface area contributed by atoms with Gasteiger partial charge in [0.2, 0.25) is 0 Å². The smallest absolute Gasteiger partial charge is 0.323 e. The van der Waals surface area contributed by atoms with E-state index in [0.717, 1.165) is 13.2 Å². The number of carboxylic acids is 1. The van der Waals surface area contributed by atoms with Gasteiger partial charge in [-0.1, -0.05) is 0 Å². The van der Waals surface area contributed by atoms with Crippen LogP contribution in [0, 0.1) is 0 Å². The average Bonchev–Trinajstić information content (AvgIpc) is 2.26. The van der Waals surface area contributed by atoms with Gasteiger partial charge in [0.25, 0.3) is 0 Å². The lowest BCUT2D eigenvalue weighted by atomic mass is 9.89. The van der Waals surface area contributed by atoms with Crippen molar-refractivity contribution in [3.63, 3.8) is 0 Å². The molecule has 1 fully saturated rings. The quantitative estimate of drug-likeness (QED) is 0.778. The number of nitrogens with zero attached hydrogens (tertiary/aromatic N) is 1. The van der Waals surface area contributed by atoms with Crippen LogP contribution >= 0.6 is 0 Å². The summed E-state index contributed by atoms with van der Waals surface area (Å²) < 4.78 is 5.53. The molecule has 0 aromatic heterocycles. The molecule has 2 N–H and O–H groups in total. The second-order valence-corrected chi connectivity index (χ2v) is 7.05. The highest BCUT2D eigenvalue weighted by molar-refractivity contribution is 5.78. The van der Waals surface area contributed by atoms with E-state index in [-0.39, 0.29) is 17.6 Å². The van der Waals surface area contributed by atoms with Crippen molar-refractivity contribution in [1.29, 1.82) is 0 Å². The largest absolute Gasteiger partial charge is 0.480 e. The first-order valence-electron chi connectivity index (χ1n) is 7.44. The summed E-state index contributed by atoms with van der Waals surface area (Å²) in [7, 11) is 0. The molecule has 0 saturated carbocycles. The monoisotopic (exact) mass is 286 g/mol. The van der Waals surface area contributed by atoms with E-state index in [4.69, 9.17) is 4.74 Å². The zero-order valence-corrected chi connectivity index (χ0v) is 13.7. The summed E-state index contributed by atoms with van der Waals surface area (Å²) >= 11 is 0. The van der Waals surface area contributed by atoms with Crippen molar-refractivity contribution < 1.29 is 14.6 Å². The lowest BCUT2D eigenvalue weighted by Crippen LogP contribution is -2.61. The predicted octanol–water partition coefficient (Wildman–Crippen LogP) is 1.72. The SMILES string of the molecule is CC(C)NC(C)(CC(C)N1CCOCC1(C)C)C(=O)O. The highest BCUT2D eigenvalue weighted by Gasteiger charge is 2.40. The molecule has 0 aliphatic carbocycles. The molecule has 1 aliphatic heterocycles. The van der Waals surface area contributed by atoms with Crippen molar-refractivity contribution in [2.24, 2.45) is 0 Å². The number of aliphatic carboxylic acids is 1. The van der Waals surface area contributed by atoms with E-state index in [1.54, 1.807) is 6.92 Å². The van der Waals surface area contributed by atoms with Crippen molar-refractivity contribution in [3.05, 3.63) is 0 Å². The maximum atomic E-state index is 11.6. The van der Waals surface area contributed by atoms with Crippen molar-refractivity contribution in [3.8, 4) is 0 Å². The van der Waals surface area contributed by atoms with Crippen LogP contribution in [0.1, 0.15) is 48.0 Å². The van der Waals surface area contributed by atoms with Crippen LogP contribution in [0.5, 0.6) is 0 Å². The highest BCUT2D eigenvalue weighted by atomic mass is 16.5. The first kappa shape index (κ1) is 17.4. The topological polar surface area (TPSA) is 61.8 Å². The van der Waals surface area contributed by atoms with Crippen LogP contribution in [0.4, 0.5) is 0 Å². The van der Waals surface area contributed by atoms with Crippen molar-refractivity contribution in [2.45, 2.75) is 71.1 Å². The van der Waals surface area contributed by atoms with Gasteiger partial charge in [-0.05, 0) is 48.0 Å². The molecule has 0 aromatic carbocycles. The maximum absolute atomic E-state index is 11.6. The summed E-state index contributed by atoms with van der Waals surface area (Å²) in [6.07, 6.45) is 0.573. The molecule has 1 saturated heterocycles. The Bertz CT molecular complexity index is 344. The minimum absolute atomic E-state index is 0.0467. The highest BCUT2D eigenvalue weighted by Crippen LogP contribution is 2.26. The van der Waals surface area contributed by atoms with Gasteiger partial charge in [0.1, 0.15) is 5.54 Å². The van der Waals surface area contributed by atoms with Gasteiger partial charge in [0.05, 0.1) is 13.2 Å². The maximum Gasteiger partial charge on any atom is 0.323 e. The molecule has 5 nitrogen and oxygen atoms in total. The Kier molecular flexibility index (Phi) is 5.58. The van der Waals surface area contributed by atoms with E-state index in [9.17, 15) is 9.90 Å². The molecular formula is C15H30N2O3. The Morgan fingerprint density at radius 3 is 2.50 bits per heavy atom. The number of morpholine rings is 1. The number of nitrogens with one attached hydrogen (secondary N) is 1. The number of hydrogen-bond acceptors (Lipinski definition) is 4. The first-order valence-corrected chi connectivity index (χ1v) is 7.44. The van der Waals surface area contributed by atoms with Crippen LogP contribution in [0.25, 0.3) is 0 Å². The number of carbonyl (C=O) groups is 1. The molecule has 1 heterocycles. The molecule has 0 spiro atoms. The van der Waals surface area contributed by atoms with Crippen LogP contribution in [-0.2, 0) is 9.53 Å². The summed E-state index contributed by atoms with van der Waals surface area (Å²) in [6, 6.07) is 0.322. The molecule has 0 bridgehead atoms. The summed E-state index contributed by atoms with van der Waals surface area (Å²) in [6.45, 7) is 14.4. The van der Waals surface area contributed by atoms with Gasteiger partial charge in [-0.3, -0.25) is 15.0 Å². The zero-order chi connectivity index (χ0) is 15.6. The molecule has 5 heteroatoms. The Morgan fingerprint density at radius 2 is 2.05 bits per heavy atom. The van der Waals surface area contributed by atoms with E-state index < -0.39 is 11.5 Å². The summed E-state index contributed by atoms with van der Waals surface area (Å²) in [5, 5.41) is 12.7. The third-order valence-corrected chi connectivity index (χ3v) is 4.02. The Labute approximate surface area is 122 Å². The van der Waals surface area contributed by atoms with Crippen LogP contribution in [0.15, 0.2) is 0 Å². The molecule has 1 aliphatic rings. The van der Waals surface area contributed by atoms with Gasteiger partial charge in [0.15, 0.2) is 0 Å². The van der Waals surface area contributed by atoms with Gasteiger partial charge >= 0.3 is 5.97 Å². The standard InChI is InChI=1S/C15H30N2O3/c1-11(2)16-15(6,13(18)19)9-12(3)17-7-8-20-10-14(17,4)5/h11-12,16H,7-10H2,1-6H3,(H,18,19). The van der Waals surface area contributed by atoms with Crippen LogP contribution in [0.3, 0.4) is 0 Å². The molecule has 1 rings (SSSR count). The van der Waals surface area contributed by atoms with Gasteiger partial charge in [-0.15, -0.1) is 0 Å². The summed E-state index contributed by atoms with van der Waals surface area (Å²) in [5.74, 6) is -0.788. The fourth-order valence-corrected chi connectivity index (χ4v) is 3.23. The Morgan fingerprint density at radius 1 is 1.45 bits per heavy atom. The molecule has 118 valence electrons. The first-order chi connectivity index (χ1) is 9.08. The molecule has 2 atom stereocenters. The average molecular weight is 286 g/mol. The van der Waals surface area contributed by atoms with E-state index >= 15 is 0 Å². The van der Waals surface area contributed by atoms with Crippen LogP contribution in [0.2, 0.25) is 0 Å². The number of rotatable bonds is 6. The summed E-state index contributed by atoms with van der Waals surface area (Å²) in [5.41, 5.74) is -0.948. The lowest BCUT2D eigenvalue weighted by molar-refractivity contribution is -0.146. The molecule has 0 amide bonds. The summed E-state index contributed by atoms with van der Waals surface area (Å²) in [4.78, 5) is 14.0. The molecular weight excluding hydrogens is 256 g/mol. The second kappa shape index (κ2) is 6.41. The molecule has 20 heavy (non-hydrogen) atoms. The van der Waals surface area contributed by atoms with Crippen LogP contribution in [-0.4, -0.2) is 58.9 Å². The third kappa shape index (κ3) is 4.17.